The Balaban J connectivity index is 0.931. The van der Waals surface area contributed by atoms with E-state index in [1.54, 1.807) is 0 Å². The summed E-state index contributed by atoms with van der Waals surface area (Å²) in [6, 6.07) is 94.8. The molecule has 0 radical (unpaired) electrons. The monoisotopic (exact) mass is 942 g/mol. The molecule has 0 unspecified atom stereocenters. The van der Waals surface area contributed by atoms with Crippen molar-refractivity contribution in [2.45, 2.75) is 10.8 Å². The van der Waals surface area contributed by atoms with Crippen molar-refractivity contribution in [2.24, 2.45) is 0 Å². The number of thiophene rings is 1. The third-order valence-electron chi connectivity index (χ3n) is 16.4. The zero-order valence-corrected chi connectivity index (χ0v) is 40.4. The Hall–Kier alpha value is -9.02. The second-order valence-electron chi connectivity index (χ2n) is 19.9. The van der Waals surface area contributed by atoms with Gasteiger partial charge in [-0.3, -0.25) is 0 Å². The number of hydrogen-bond acceptors (Lipinski definition) is 3. The van der Waals surface area contributed by atoms with Crippen molar-refractivity contribution in [1.29, 1.82) is 0 Å². The van der Waals surface area contributed by atoms with Crippen LogP contribution in [0.3, 0.4) is 0 Å². The van der Waals surface area contributed by atoms with Gasteiger partial charge in [-0.2, -0.15) is 0 Å². The van der Waals surface area contributed by atoms with E-state index in [0.29, 0.717) is 5.82 Å². The molecule has 0 saturated heterocycles. The molecule has 16 rings (SSSR count). The van der Waals surface area contributed by atoms with Crippen molar-refractivity contribution in [3.8, 4) is 67.3 Å². The molecule has 0 atom stereocenters. The van der Waals surface area contributed by atoms with Crippen LogP contribution < -0.4 is 0 Å². The van der Waals surface area contributed by atoms with Crippen LogP contribution in [0.1, 0.15) is 44.5 Å². The fraction of sp³-hybridized carbons (Fsp3) is 0.0286. The Morgan fingerprint density at radius 2 is 0.808 bits per heavy atom. The highest BCUT2D eigenvalue weighted by atomic mass is 32.1. The largest absolute Gasteiger partial charge is 0.228 e. The van der Waals surface area contributed by atoms with Gasteiger partial charge in [0.05, 0.1) is 22.2 Å². The number of nitrogens with zero attached hydrogens (tertiary/aromatic N) is 2. The van der Waals surface area contributed by atoms with E-state index in [0.717, 1.165) is 33.6 Å². The highest BCUT2D eigenvalue weighted by molar-refractivity contribution is 7.26. The van der Waals surface area contributed by atoms with E-state index < -0.39 is 10.8 Å². The zero-order valence-electron chi connectivity index (χ0n) is 39.6. The van der Waals surface area contributed by atoms with Crippen LogP contribution in [0.15, 0.2) is 255 Å². The maximum atomic E-state index is 5.33. The second-order valence-corrected chi connectivity index (χ2v) is 20.9. The van der Waals surface area contributed by atoms with Crippen LogP contribution in [0.5, 0.6) is 0 Å². The number of fused-ring (bicyclic) bond motifs is 21. The standard InChI is InChI=1S/C70H42N2S/c1-2-18-44(19-3-1)63-42-64(72-68(71-63)49-34-33-43-17-4-5-20-45(43)40-49)48-22-16-21-46(39-48)47-35-37-57-54(41-47)66-62(38-36-53-52-25-8-15-32-65(52)73-67(53)66)70(57)60-30-13-11-28-58(60)69(59-29-12-14-31-61(59)70)55-26-9-6-23-50(55)51-24-7-10-27-56(51)69/h1-42H. The molecule has 11 aromatic carbocycles. The minimum atomic E-state index is -0.589. The molecule has 2 spiro atoms. The average molecular weight is 943 g/mol. The molecular weight excluding hydrogens is 901 g/mol. The molecule has 0 saturated carbocycles. The van der Waals surface area contributed by atoms with Crippen molar-refractivity contribution in [2.75, 3.05) is 0 Å². The summed E-state index contributed by atoms with van der Waals surface area (Å²) in [5.74, 6) is 0.707. The van der Waals surface area contributed by atoms with Crippen molar-refractivity contribution >= 4 is 42.3 Å². The van der Waals surface area contributed by atoms with Gasteiger partial charge in [0.1, 0.15) is 0 Å². The predicted octanol–water partition coefficient (Wildman–Crippen LogP) is 17.7. The van der Waals surface area contributed by atoms with Crippen molar-refractivity contribution in [1.82, 2.24) is 9.97 Å². The average Bonchev–Trinajstić information content (AvgIpc) is 4.10. The Morgan fingerprint density at radius 1 is 0.288 bits per heavy atom. The Morgan fingerprint density at radius 3 is 1.53 bits per heavy atom. The molecule has 73 heavy (non-hydrogen) atoms. The van der Waals surface area contributed by atoms with Gasteiger partial charge in [-0.25, -0.2) is 9.97 Å². The van der Waals surface area contributed by atoms with Crippen LogP contribution in [-0.4, -0.2) is 9.97 Å². The summed E-state index contributed by atoms with van der Waals surface area (Å²) in [5.41, 5.74) is 22.1. The molecule has 3 aliphatic carbocycles. The van der Waals surface area contributed by atoms with E-state index in [2.05, 4.69) is 255 Å². The van der Waals surface area contributed by atoms with Gasteiger partial charge in [-0.1, -0.05) is 224 Å². The lowest BCUT2D eigenvalue weighted by Crippen LogP contribution is -2.43. The van der Waals surface area contributed by atoms with Gasteiger partial charge in [0.2, 0.25) is 0 Å². The normalized spacial score (nSPS) is 14.0. The molecule has 2 aromatic heterocycles. The van der Waals surface area contributed by atoms with E-state index in [1.807, 2.05) is 11.3 Å². The first-order chi connectivity index (χ1) is 36.2. The van der Waals surface area contributed by atoms with Crippen LogP contribution in [0.2, 0.25) is 0 Å². The number of aromatic nitrogens is 2. The summed E-state index contributed by atoms with van der Waals surface area (Å²) < 4.78 is 2.65. The van der Waals surface area contributed by atoms with Gasteiger partial charge in [-0.05, 0) is 113 Å². The Bertz CT molecular complexity index is 4370. The summed E-state index contributed by atoms with van der Waals surface area (Å²) >= 11 is 1.93. The summed E-state index contributed by atoms with van der Waals surface area (Å²) in [7, 11) is 0. The topological polar surface area (TPSA) is 25.8 Å². The summed E-state index contributed by atoms with van der Waals surface area (Å²) in [5, 5.41) is 4.98. The van der Waals surface area contributed by atoms with E-state index in [-0.39, 0.29) is 0 Å². The van der Waals surface area contributed by atoms with Gasteiger partial charge >= 0.3 is 0 Å². The molecule has 338 valence electrons. The lowest BCUT2D eigenvalue weighted by Gasteiger charge is -2.48. The zero-order chi connectivity index (χ0) is 47.8. The van der Waals surface area contributed by atoms with Crippen LogP contribution in [-0.2, 0) is 10.8 Å². The molecule has 3 aliphatic rings. The molecule has 0 N–H and O–H groups in total. The molecule has 3 heteroatoms. The van der Waals surface area contributed by atoms with Crippen molar-refractivity contribution in [3.05, 3.63) is 299 Å². The lowest BCUT2D eigenvalue weighted by atomic mass is 9.52. The maximum absolute atomic E-state index is 5.33. The highest BCUT2D eigenvalue weighted by Crippen LogP contribution is 2.68. The van der Waals surface area contributed by atoms with E-state index in [9.17, 15) is 0 Å². The third-order valence-corrected chi connectivity index (χ3v) is 17.6. The SMILES string of the molecule is c1ccc(-c2cc(-c3cccc(-c4ccc5c(c4)-c4c(ccc6c4sc4ccccc46)C54c5ccccc5C5(c6ccccc6-c6ccccc65)c5ccccc54)c3)nc(-c3ccc4ccccc4c3)n2)cc1. The third kappa shape index (κ3) is 5.52. The van der Waals surface area contributed by atoms with Crippen molar-refractivity contribution < 1.29 is 0 Å². The Labute approximate surface area is 427 Å². The summed E-state index contributed by atoms with van der Waals surface area (Å²) in [4.78, 5) is 10.5. The van der Waals surface area contributed by atoms with Gasteiger partial charge in [-0.15, -0.1) is 11.3 Å². The van der Waals surface area contributed by atoms with Crippen LogP contribution in [0.4, 0.5) is 0 Å². The molecule has 13 aromatic rings. The fourth-order valence-corrected chi connectivity index (χ4v) is 14.7. The van der Waals surface area contributed by atoms with E-state index in [4.69, 9.17) is 9.97 Å². The summed E-state index contributed by atoms with van der Waals surface area (Å²) in [6.07, 6.45) is 0. The first kappa shape index (κ1) is 40.7. The molecule has 2 heterocycles. The van der Waals surface area contributed by atoms with Crippen LogP contribution >= 0.6 is 11.3 Å². The van der Waals surface area contributed by atoms with Crippen LogP contribution in [0.25, 0.3) is 98.2 Å². The van der Waals surface area contributed by atoms with E-state index in [1.165, 1.54) is 103 Å². The van der Waals surface area contributed by atoms with Gasteiger partial charge < -0.3 is 0 Å². The molecule has 0 aliphatic heterocycles. The van der Waals surface area contributed by atoms with Crippen molar-refractivity contribution in [3.63, 3.8) is 0 Å². The minimum Gasteiger partial charge on any atom is -0.228 e. The number of benzene rings is 11. The number of rotatable bonds is 4. The van der Waals surface area contributed by atoms with E-state index >= 15 is 0 Å². The lowest BCUT2D eigenvalue weighted by molar-refractivity contribution is 0.633. The molecule has 0 bridgehead atoms. The fourth-order valence-electron chi connectivity index (χ4n) is 13.4. The number of hydrogen-bond donors (Lipinski definition) is 0. The highest BCUT2D eigenvalue weighted by Gasteiger charge is 2.59. The van der Waals surface area contributed by atoms with Gasteiger partial charge in [0.25, 0.3) is 0 Å². The summed E-state index contributed by atoms with van der Waals surface area (Å²) in [6.45, 7) is 0. The molecule has 2 nitrogen and oxygen atoms in total. The minimum absolute atomic E-state index is 0.494. The molecular formula is C70H42N2S. The molecule has 0 fully saturated rings. The first-order valence-electron chi connectivity index (χ1n) is 25.2. The first-order valence-corrected chi connectivity index (χ1v) is 26.0. The Kier molecular flexibility index (Phi) is 8.50. The quantitative estimate of drug-likeness (QED) is 0.176. The smallest absolute Gasteiger partial charge is 0.160 e. The van der Waals surface area contributed by atoms with Gasteiger partial charge in [0.15, 0.2) is 5.82 Å². The predicted molar refractivity (Wildman–Crippen MR) is 302 cm³/mol. The molecule has 0 amide bonds. The maximum Gasteiger partial charge on any atom is 0.160 e. The van der Waals surface area contributed by atoms with Gasteiger partial charge in [0, 0.05) is 42.4 Å². The second kappa shape index (κ2) is 15.2. The van der Waals surface area contributed by atoms with Crippen LogP contribution in [0, 0.1) is 0 Å².